The average molecular weight is 407 g/mol. The molecule has 0 aliphatic carbocycles. The van der Waals surface area contributed by atoms with Gasteiger partial charge in [-0.3, -0.25) is 9.52 Å². The van der Waals surface area contributed by atoms with Crippen molar-refractivity contribution < 1.29 is 13.2 Å². The second-order valence-corrected chi connectivity index (χ2v) is 9.75. The Morgan fingerprint density at radius 3 is 2.56 bits per heavy atom. The number of hydrogen-bond donors (Lipinski definition) is 1. The maximum Gasteiger partial charge on any atom is 0.271 e. The zero-order valence-corrected chi connectivity index (χ0v) is 17.5. The molecule has 0 unspecified atom stereocenters. The molecule has 1 saturated heterocycles. The molecule has 1 aliphatic rings. The van der Waals surface area contributed by atoms with E-state index < -0.39 is 10.0 Å². The van der Waals surface area contributed by atoms with Crippen LogP contribution >= 0.6 is 11.3 Å². The molecule has 0 spiro atoms. The molecule has 146 valence electrons. The minimum Gasteiger partial charge on any atom is -0.339 e. The van der Waals surface area contributed by atoms with Gasteiger partial charge in [0.2, 0.25) is 0 Å². The van der Waals surface area contributed by atoms with E-state index in [-0.39, 0.29) is 10.1 Å². The van der Waals surface area contributed by atoms with Gasteiger partial charge in [0.25, 0.3) is 15.9 Å². The van der Waals surface area contributed by atoms with Gasteiger partial charge in [-0.05, 0) is 43.4 Å². The highest BCUT2D eigenvalue weighted by Gasteiger charge is 2.23. The van der Waals surface area contributed by atoms with Crippen molar-refractivity contribution >= 4 is 33.0 Å². The monoisotopic (exact) mass is 406 g/mol. The number of thiophene rings is 1. The molecule has 1 aromatic heterocycles. The van der Waals surface area contributed by atoms with Crippen LogP contribution in [0.4, 0.5) is 5.69 Å². The molecule has 1 fully saturated rings. The predicted octanol–water partition coefficient (Wildman–Crippen LogP) is 4.44. The van der Waals surface area contributed by atoms with Gasteiger partial charge in [0.1, 0.15) is 4.21 Å². The zero-order chi connectivity index (χ0) is 19.4. The summed E-state index contributed by atoms with van der Waals surface area (Å²) >= 11 is 1.09. The summed E-state index contributed by atoms with van der Waals surface area (Å²) in [4.78, 5) is 14.6. The fourth-order valence-corrected chi connectivity index (χ4v) is 5.71. The zero-order valence-electron chi connectivity index (χ0n) is 15.8. The van der Waals surface area contributed by atoms with Gasteiger partial charge in [0.05, 0.1) is 11.3 Å². The lowest BCUT2D eigenvalue weighted by Crippen LogP contribution is -2.31. The van der Waals surface area contributed by atoms with Crippen LogP contribution < -0.4 is 4.72 Å². The van der Waals surface area contributed by atoms with Crippen molar-refractivity contribution in [1.29, 1.82) is 0 Å². The highest BCUT2D eigenvalue weighted by molar-refractivity contribution is 7.94. The maximum atomic E-state index is 12.9. The smallest absolute Gasteiger partial charge is 0.271 e. The van der Waals surface area contributed by atoms with Crippen LogP contribution in [0.3, 0.4) is 0 Å². The largest absolute Gasteiger partial charge is 0.339 e. The van der Waals surface area contributed by atoms with E-state index >= 15 is 0 Å². The number of hydrogen-bond acceptors (Lipinski definition) is 4. The Bertz CT molecular complexity index is 911. The summed E-state index contributed by atoms with van der Waals surface area (Å²) in [5.74, 6) is -0.0697. The Balaban J connectivity index is 1.82. The van der Waals surface area contributed by atoms with Gasteiger partial charge < -0.3 is 4.90 Å². The molecule has 1 aromatic carbocycles. The Hall–Kier alpha value is -1.86. The number of aryl methyl sites for hydroxylation is 2. The number of sulfonamides is 1. The van der Waals surface area contributed by atoms with Crippen molar-refractivity contribution in [2.45, 2.75) is 50.2 Å². The molecule has 0 saturated carbocycles. The Kier molecular flexibility index (Phi) is 6.22. The number of carbonyl (C=O) groups excluding carboxylic acids is 1. The Morgan fingerprint density at radius 2 is 1.89 bits per heavy atom. The van der Waals surface area contributed by atoms with Gasteiger partial charge in [-0.1, -0.05) is 38.0 Å². The van der Waals surface area contributed by atoms with E-state index in [2.05, 4.69) is 4.72 Å². The van der Waals surface area contributed by atoms with Crippen molar-refractivity contribution in [1.82, 2.24) is 4.90 Å². The molecule has 0 bridgehead atoms. The summed E-state index contributed by atoms with van der Waals surface area (Å²) in [6.07, 6.45) is 5.05. The molecule has 2 aromatic rings. The first-order valence-electron chi connectivity index (χ1n) is 9.41. The summed E-state index contributed by atoms with van der Waals surface area (Å²) in [7, 11) is -3.72. The second-order valence-electron chi connectivity index (χ2n) is 6.93. The minimum absolute atomic E-state index is 0.0697. The number of para-hydroxylation sites is 1. The standard InChI is InChI=1S/C20H26N2O3S2/c1-3-16-10-8-9-15(2)19(16)21-27(24,25)18-13-17(14-26-18)20(23)22-11-6-4-5-7-12-22/h8-10,13-14,21H,3-7,11-12H2,1-2H3. The van der Waals surface area contributed by atoms with Gasteiger partial charge in [0, 0.05) is 18.5 Å². The van der Waals surface area contributed by atoms with E-state index in [0.29, 0.717) is 11.3 Å². The fourth-order valence-electron chi connectivity index (χ4n) is 3.38. The lowest BCUT2D eigenvalue weighted by atomic mass is 10.1. The molecule has 0 atom stereocenters. The maximum absolute atomic E-state index is 12.9. The first-order valence-corrected chi connectivity index (χ1v) is 11.8. The van der Waals surface area contributed by atoms with Gasteiger partial charge in [-0.2, -0.15) is 0 Å². The van der Waals surface area contributed by atoms with Gasteiger partial charge >= 0.3 is 0 Å². The molecule has 0 radical (unpaired) electrons. The summed E-state index contributed by atoms with van der Waals surface area (Å²) < 4.78 is 28.6. The fraction of sp³-hybridized carbons (Fsp3) is 0.450. The average Bonchev–Trinajstić information content (AvgIpc) is 3.00. The van der Waals surface area contributed by atoms with Gasteiger partial charge in [-0.15, -0.1) is 11.3 Å². The van der Waals surface area contributed by atoms with Crippen LogP contribution in [-0.2, 0) is 16.4 Å². The summed E-state index contributed by atoms with van der Waals surface area (Å²) in [6.45, 7) is 5.38. The first kappa shape index (κ1) is 19.9. The third kappa shape index (κ3) is 4.52. The summed E-state index contributed by atoms with van der Waals surface area (Å²) in [6, 6.07) is 7.24. The van der Waals surface area contributed by atoms with Gasteiger partial charge in [0.15, 0.2) is 0 Å². The van der Waals surface area contributed by atoms with Crippen molar-refractivity contribution in [3.05, 3.63) is 46.3 Å². The van der Waals surface area contributed by atoms with Crippen LogP contribution in [0.2, 0.25) is 0 Å². The number of rotatable bonds is 5. The molecule has 5 nitrogen and oxygen atoms in total. The third-order valence-corrected chi connectivity index (χ3v) is 7.75. The quantitative estimate of drug-likeness (QED) is 0.798. The first-order chi connectivity index (χ1) is 12.9. The van der Waals surface area contributed by atoms with Gasteiger partial charge in [-0.25, -0.2) is 8.42 Å². The number of likely N-dealkylation sites (tertiary alicyclic amines) is 1. The number of benzene rings is 1. The molecule has 2 heterocycles. The van der Waals surface area contributed by atoms with Crippen molar-refractivity contribution in [2.24, 2.45) is 0 Å². The highest BCUT2D eigenvalue weighted by atomic mass is 32.2. The number of nitrogens with zero attached hydrogens (tertiary/aromatic N) is 1. The molecule has 3 rings (SSSR count). The van der Waals surface area contributed by atoms with Crippen molar-refractivity contribution in [2.75, 3.05) is 17.8 Å². The van der Waals surface area contributed by atoms with Crippen LogP contribution in [-0.4, -0.2) is 32.3 Å². The molecular formula is C20H26N2O3S2. The lowest BCUT2D eigenvalue weighted by molar-refractivity contribution is 0.0762. The van der Waals surface area contributed by atoms with Crippen LogP contribution in [0, 0.1) is 6.92 Å². The Labute approximate surface area is 165 Å². The highest BCUT2D eigenvalue weighted by Crippen LogP contribution is 2.28. The van der Waals surface area contributed by atoms with Crippen LogP contribution in [0.1, 0.15) is 54.1 Å². The molecule has 1 amide bonds. The van der Waals surface area contributed by atoms with E-state index in [9.17, 15) is 13.2 Å². The van der Waals surface area contributed by atoms with E-state index in [1.165, 1.54) is 6.07 Å². The Morgan fingerprint density at radius 1 is 1.19 bits per heavy atom. The molecule has 27 heavy (non-hydrogen) atoms. The normalized spacial score (nSPS) is 15.4. The number of amides is 1. The van der Waals surface area contributed by atoms with Crippen molar-refractivity contribution in [3.8, 4) is 0 Å². The van der Waals surface area contributed by atoms with Crippen molar-refractivity contribution in [3.63, 3.8) is 0 Å². The van der Waals surface area contributed by atoms with Crippen LogP contribution in [0.5, 0.6) is 0 Å². The van der Waals surface area contributed by atoms with E-state index in [4.69, 9.17) is 0 Å². The van der Waals surface area contributed by atoms with E-state index in [1.807, 2.05) is 36.9 Å². The second kappa shape index (κ2) is 8.44. The minimum atomic E-state index is -3.72. The molecule has 1 aliphatic heterocycles. The number of anilines is 1. The summed E-state index contributed by atoms with van der Waals surface area (Å²) in [5, 5.41) is 1.65. The topological polar surface area (TPSA) is 66.5 Å². The lowest BCUT2D eigenvalue weighted by Gasteiger charge is -2.19. The van der Waals surface area contributed by atoms with Crippen LogP contribution in [0.15, 0.2) is 33.9 Å². The van der Waals surface area contributed by atoms with E-state index in [1.54, 1.807) is 5.38 Å². The SMILES string of the molecule is CCc1cccc(C)c1NS(=O)(=O)c1cc(C(=O)N2CCCCCC2)cs1. The van der Waals surface area contributed by atoms with Crippen LogP contribution in [0.25, 0.3) is 0 Å². The summed E-state index contributed by atoms with van der Waals surface area (Å²) in [5.41, 5.74) is 2.93. The molecular weight excluding hydrogens is 380 g/mol. The molecule has 1 N–H and O–H groups in total. The number of carbonyl (C=O) groups is 1. The third-order valence-electron chi connectivity index (χ3n) is 4.96. The molecule has 7 heteroatoms. The van der Waals surface area contributed by atoms with E-state index in [0.717, 1.165) is 67.7 Å². The predicted molar refractivity (Wildman–Crippen MR) is 110 cm³/mol. The number of nitrogens with one attached hydrogen (secondary N) is 1.